The summed E-state index contributed by atoms with van der Waals surface area (Å²) in [4.78, 5) is 25.8. The van der Waals surface area contributed by atoms with Gasteiger partial charge in [-0.05, 0) is 60.4 Å². The summed E-state index contributed by atoms with van der Waals surface area (Å²) in [5.74, 6) is -0.227. The van der Waals surface area contributed by atoms with Crippen molar-refractivity contribution in [3.8, 4) is 0 Å². The maximum atomic E-state index is 13.3. The predicted octanol–water partition coefficient (Wildman–Crippen LogP) is 4.96. The molecule has 1 aliphatic heterocycles. The number of anilines is 1. The Morgan fingerprint density at radius 2 is 1.53 bits per heavy atom. The van der Waals surface area contributed by atoms with Crippen LogP contribution in [-0.4, -0.2) is 25.0 Å². The third-order valence-electron chi connectivity index (χ3n) is 5.88. The Morgan fingerprint density at radius 1 is 0.875 bits per heavy atom. The highest BCUT2D eigenvalue weighted by molar-refractivity contribution is 6.30. The van der Waals surface area contributed by atoms with E-state index in [2.05, 4.69) is 10.6 Å². The van der Waals surface area contributed by atoms with E-state index in [1.54, 1.807) is 36.4 Å². The van der Waals surface area contributed by atoms with Gasteiger partial charge in [-0.2, -0.15) is 0 Å². The Labute approximate surface area is 192 Å². The normalized spacial score (nSPS) is 15.0. The van der Waals surface area contributed by atoms with Crippen LogP contribution in [0.5, 0.6) is 0 Å². The van der Waals surface area contributed by atoms with Gasteiger partial charge in [0.15, 0.2) is 0 Å². The number of halogens is 1. The van der Waals surface area contributed by atoms with E-state index in [1.807, 2.05) is 42.5 Å². The van der Waals surface area contributed by atoms with Gasteiger partial charge < -0.3 is 15.4 Å². The van der Waals surface area contributed by atoms with E-state index in [4.69, 9.17) is 16.3 Å². The molecule has 1 saturated heterocycles. The molecule has 0 unspecified atom stereocenters. The van der Waals surface area contributed by atoms with E-state index in [1.165, 1.54) is 0 Å². The first-order valence-corrected chi connectivity index (χ1v) is 11.0. The third-order valence-corrected chi connectivity index (χ3v) is 6.13. The predicted molar refractivity (Wildman–Crippen MR) is 126 cm³/mol. The molecule has 3 aromatic rings. The Balaban J connectivity index is 1.41. The SMILES string of the molecule is O=C(NCc1ccc(Cl)cc1)c1ccc(NC(=O)C2(c3ccccc3)CCOCC2)cc1. The van der Waals surface area contributed by atoms with Gasteiger partial charge in [0.25, 0.3) is 5.91 Å². The van der Waals surface area contributed by atoms with Crippen molar-refractivity contribution < 1.29 is 14.3 Å². The molecule has 2 amide bonds. The molecular weight excluding hydrogens is 424 g/mol. The van der Waals surface area contributed by atoms with Crippen LogP contribution in [0.4, 0.5) is 5.69 Å². The standard InChI is InChI=1S/C26H25ClN2O3/c27-22-10-6-19(7-11-22)18-28-24(30)20-8-12-23(13-9-20)29-25(31)26(14-16-32-17-15-26)21-4-2-1-3-5-21/h1-13H,14-18H2,(H,28,30)(H,29,31). The number of hydrogen-bond donors (Lipinski definition) is 2. The molecule has 32 heavy (non-hydrogen) atoms. The van der Waals surface area contributed by atoms with Gasteiger partial charge in [-0.1, -0.05) is 54.1 Å². The van der Waals surface area contributed by atoms with Gasteiger partial charge in [-0.25, -0.2) is 0 Å². The third kappa shape index (κ3) is 5.01. The van der Waals surface area contributed by atoms with Crippen molar-refractivity contribution in [2.24, 2.45) is 0 Å². The van der Waals surface area contributed by atoms with Gasteiger partial charge in [0.05, 0.1) is 5.41 Å². The Morgan fingerprint density at radius 3 is 2.19 bits per heavy atom. The van der Waals surface area contributed by atoms with E-state index >= 15 is 0 Å². The molecule has 1 fully saturated rings. The highest BCUT2D eigenvalue weighted by Crippen LogP contribution is 2.36. The van der Waals surface area contributed by atoms with Crippen LogP contribution in [0.1, 0.15) is 34.3 Å². The van der Waals surface area contributed by atoms with Gasteiger partial charge in [0.1, 0.15) is 0 Å². The molecule has 0 bridgehead atoms. The molecule has 0 aliphatic carbocycles. The number of rotatable bonds is 6. The smallest absolute Gasteiger partial charge is 0.251 e. The van der Waals surface area contributed by atoms with Crippen LogP contribution in [-0.2, 0) is 21.5 Å². The summed E-state index contributed by atoms with van der Waals surface area (Å²) >= 11 is 5.89. The molecular formula is C26H25ClN2O3. The zero-order valence-corrected chi connectivity index (χ0v) is 18.4. The van der Waals surface area contributed by atoms with Crippen LogP contribution in [0.2, 0.25) is 5.02 Å². The molecule has 3 aromatic carbocycles. The van der Waals surface area contributed by atoms with Crippen molar-refractivity contribution in [3.05, 3.63) is 101 Å². The fourth-order valence-electron chi connectivity index (χ4n) is 3.97. The number of nitrogens with one attached hydrogen (secondary N) is 2. The number of ether oxygens (including phenoxy) is 1. The lowest BCUT2D eigenvalue weighted by Crippen LogP contribution is -2.44. The number of carbonyl (C=O) groups is 2. The lowest BCUT2D eigenvalue weighted by Gasteiger charge is -2.36. The molecule has 6 heteroatoms. The molecule has 164 valence electrons. The van der Waals surface area contributed by atoms with E-state index in [-0.39, 0.29) is 11.8 Å². The molecule has 0 saturated carbocycles. The average Bonchev–Trinajstić information content (AvgIpc) is 2.85. The molecule has 0 spiro atoms. The van der Waals surface area contributed by atoms with E-state index in [9.17, 15) is 9.59 Å². The zero-order chi connectivity index (χ0) is 22.4. The molecule has 0 aromatic heterocycles. The van der Waals surface area contributed by atoms with Crippen LogP contribution in [0.15, 0.2) is 78.9 Å². The average molecular weight is 449 g/mol. The maximum Gasteiger partial charge on any atom is 0.251 e. The molecule has 1 heterocycles. The minimum absolute atomic E-state index is 0.0491. The first-order chi connectivity index (χ1) is 15.6. The summed E-state index contributed by atoms with van der Waals surface area (Å²) in [6, 6.07) is 24.1. The minimum atomic E-state index is -0.617. The van der Waals surface area contributed by atoms with E-state index in [0.717, 1.165) is 11.1 Å². The molecule has 1 aliphatic rings. The molecule has 0 atom stereocenters. The molecule has 5 nitrogen and oxygen atoms in total. The largest absolute Gasteiger partial charge is 0.381 e. The lowest BCUT2D eigenvalue weighted by atomic mass is 9.73. The van der Waals surface area contributed by atoms with E-state index < -0.39 is 5.41 Å². The monoisotopic (exact) mass is 448 g/mol. The number of carbonyl (C=O) groups excluding carboxylic acids is 2. The maximum absolute atomic E-state index is 13.3. The minimum Gasteiger partial charge on any atom is -0.381 e. The zero-order valence-electron chi connectivity index (χ0n) is 17.6. The number of amides is 2. The van der Waals surface area contributed by atoms with Crippen molar-refractivity contribution in [3.63, 3.8) is 0 Å². The summed E-state index contributed by atoms with van der Waals surface area (Å²) in [6.07, 6.45) is 1.27. The van der Waals surface area contributed by atoms with Gasteiger partial charge >= 0.3 is 0 Å². The van der Waals surface area contributed by atoms with Crippen molar-refractivity contribution in [2.75, 3.05) is 18.5 Å². The summed E-state index contributed by atoms with van der Waals surface area (Å²) in [5, 5.41) is 6.59. The quantitative estimate of drug-likeness (QED) is 0.560. The Hall–Kier alpha value is -3.15. The molecule has 4 rings (SSSR count). The number of hydrogen-bond acceptors (Lipinski definition) is 3. The topological polar surface area (TPSA) is 67.4 Å². The van der Waals surface area contributed by atoms with Crippen molar-refractivity contribution in [2.45, 2.75) is 24.8 Å². The van der Waals surface area contributed by atoms with Crippen molar-refractivity contribution in [1.82, 2.24) is 5.32 Å². The van der Waals surface area contributed by atoms with Crippen LogP contribution >= 0.6 is 11.6 Å². The van der Waals surface area contributed by atoms with Crippen molar-refractivity contribution in [1.29, 1.82) is 0 Å². The Bertz CT molecular complexity index is 1060. The Kier molecular flexibility index (Phi) is 6.88. The second kappa shape index (κ2) is 9.98. The van der Waals surface area contributed by atoms with Gasteiger partial charge in [0, 0.05) is 36.0 Å². The summed E-state index contributed by atoms with van der Waals surface area (Å²) in [6.45, 7) is 1.51. The lowest BCUT2D eigenvalue weighted by molar-refractivity contribution is -0.125. The summed E-state index contributed by atoms with van der Waals surface area (Å²) in [7, 11) is 0. The molecule has 0 radical (unpaired) electrons. The highest BCUT2D eigenvalue weighted by Gasteiger charge is 2.41. The summed E-state index contributed by atoms with van der Waals surface area (Å²) < 4.78 is 5.52. The van der Waals surface area contributed by atoms with Crippen LogP contribution in [0, 0.1) is 0 Å². The fourth-order valence-corrected chi connectivity index (χ4v) is 4.09. The second-order valence-corrected chi connectivity index (χ2v) is 8.34. The van der Waals surface area contributed by atoms with Crippen LogP contribution < -0.4 is 10.6 Å². The number of benzene rings is 3. The van der Waals surface area contributed by atoms with Gasteiger partial charge in [0.2, 0.25) is 5.91 Å². The fraction of sp³-hybridized carbons (Fsp3) is 0.231. The van der Waals surface area contributed by atoms with Gasteiger partial charge in [-0.15, -0.1) is 0 Å². The first-order valence-electron chi connectivity index (χ1n) is 10.6. The molecule has 2 N–H and O–H groups in total. The van der Waals surface area contributed by atoms with E-state index in [0.29, 0.717) is 48.9 Å². The van der Waals surface area contributed by atoms with Crippen molar-refractivity contribution >= 4 is 29.1 Å². The highest BCUT2D eigenvalue weighted by atomic mass is 35.5. The summed E-state index contributed by atoms with van der Waals surface area (Å²) in [5.41, 5.74) is 2.54. The van der Waals surface area contributed by atoms with Gasteiger partial charge in [-0.3, -0.25) is 9.59 Å². The second-order valence-electron chi connectivity index (χ2n) is 7.90. The van der Waals surface area contributed by atoms with Crippen LogP contribution in [0.3, 0.4) is 0 Å². The van der Waals surface area contributed by atoms with Crippen LogP contribution in [0.25, 0.3) is 0 Å². The first kappa shape index (κ1) is 22.1.